The molecule has 1 unspecified atom stereocenters. The first-order valence-corrected chi connectivity index (χ1v) is 12.6. The molecule has 0 saturated heterocycles. The molecule has 0 spiro atoms. The molecule has 7 heteroatoms. The van der Waals surface area contributed by atoms with Gasteiger partial charge < -0.3 is 5.32 Å². The molecule has 0 bridgehead atoms. The molecule has 3 aromatic carbocycles. The summed E-state index contributed by atoms with van der Waals surface area (Å²) in [5, 5.41) is 2.98. The van der Waals surface area contributed by atoms with E-state index < -0.39 is 10.0 Å². The number of hydrogen-bond acceptors (Lipinski definition) is 4. The number of amides is 1. The predicted molar refractivity (Wildman–Crippen MR) is 134 cm³/mol. The van der Waals surface area contributed by atoms with Gasteiger partial charge in [-0.05, 0) is 49.1 Å². The highest BCUT2D eigenvalue weighted by atomic mass is 32.2. The summed E-state index contributed by atoms with van der Waals surface area (Å²) in [6, 6.07) is 23.9. The second-order valence-electron chi connectivity index (χ2n) is 8.29. The molecule has 3 aromatic rings. The molecular weight excluding hydrogens is 448 g/mol. The third-order valence-corrected chi connectivity index (χ3v) is 7.61. The van der Waals surface area contributed by atoms with Crippen molar-refractivity contribution in [2.24, 2.45) is 0 Å². The van der Waals surface area contributed by atoms with E-state index in [1.807, 2.05) is 49.4 Å². The fraction of sp³-hybridized carbons (Fsp3) is 0.259. The maximum atomic E-state index is 12.7. The molecule has 3 rings (SSSR count). The van der Waals surface area contributed by atoms with E-state index in [0.717, 1.165) is 16.7 Å². The van der Waals surface area contributed by atoms with Crippen LogP contribution in [-0.4, -0.2) is 38.0 Å². The molecule has 0 fully saturated rings. The van der Waals surface area contributed by atoms with Crippen molar-refractivity contribution in [2.75, 3.05) is 13.6 Å². The molecule has 0 radical (unpaired) electrons. The van der Waals surface area contributed by atoms with Crippen LogP contribution in [-0.2, 0) is 14.8 Å². The lowest BCUT2D eigenvalue weighted by molar-refractivity contribution is -0.121. The van der Waals surface area contributed by atoms with E-state index in [2.05, 4.69) is 17.4 Å². The number of hydrogen-bond donors (Lipinski definition) is 1. The third kappa shape index (κ3) is 6.40. The molecule has 178 valence electrons. The minimum Gasteiger partial charge on any atom is -0.350 e. The lowest BCUT2D eigenvalue weighted by atomic mass is 10.0. The monoisotopic (exact) mass is 478 g/mol. The Hall–Kier alpha value is -3.29. The second kappa shape index (κ2) is 11.2. The summed E-state index contributed by atoms with van der Waals surface area (Å²) in [4.78, 5) is 23.9. The highest BCUT2D eigenvalue weighted by molar-refractivity contribution is 7.89. The Labute approximate surface area is 201 Å². The Balaban J connectivity index is 1.49. The van der Waals surface area contributed by atoms with E-state index in [-0.39, 0.29) is 35.6 Å². The van der Waals surface area contributed by atoms with Gasteiger partial charge in [-0.3, -0.25) is 9.59 Å². The van der Waals surface area contributed by atoms with Crippen molar-refractivity contribution in [1.29, 1.82) is 0 Å². The largest absolute Gasteiger partial charge is 0.350 e. The Morgan fingerprint density at radius 2 is 1.47 bits per heavy atom. The molecule has 1 atom stereocenters. The number of ketones is 1. The van der Waals surface area contributed by atoms with Crippen LogP contribution in [0.4, 0.5) is 0 Å². The maximum Gasteiger partial charge on any atom is 0.242 e. The first-order chi connectivity index (χ1) is 16.2. The van der Waals surface area contributed by atoms with Gasteiger partial charge in [0.25, 0.3) is 0 Å². The van der Waals surface area contributed by atoms with Crippen LogP contribution >= 0.6 is 0 Å². The Kier molecular flexibility index (Phi) is 8.36. The number of benzene rings is 3. The van der Waals surface area contributed by atoms with Crippen LogP contribution in [0.5, 0.6) is 0 Å². The summed E-state index contributed by atoms with van der Waals surface area (Å²) < 4.78 is 26.7. The van der Waals surface area contributed by atoms with E-state index in [9.17, 15) is 18.0 Å². The summed E-state index contributed by atoms with van der Waals surface area (Å²) >= 11 is 0. The topological polar surface area (TPSA) is 83.6 Å². The molecule has 0 aliphatic carbocycles. The Bertz CT molecular complexity index is 1220. The van der Waals surface area contributed by atoms with Gasteiger partial charge in [-0.25, -0.2) is 12.7 Å². The molecule has 0 aliphatic rings. The lowest BCUT2D eigenvalue weighted by Gasteiger charge is -2.18. The van der Waals surface area contributed by atoms with Crippen LogP contribution in [0.3, 0.4) is 0 Å². The predicted octanol–water partition coefficient (Wildman–Crippen LogP) is 4.83. The molecule has 0 saturated carbocycles. The van der Waals surface area contributed by atoms with Gasteiger partial charge in [-0.2, -0.15) is 0 Å². The van der Waals surface area contributed by atoms with E-state index in [4.69, 9.17) is 0 Å². The zero-order valence-electron chi connectivity index (χ0n) is 19.7. The van der Waals surface area contributed by atoms with Crippen LogP contribution in [0.1, 0.15) is 48.7 Å². The van der Waals surface area contributed by atoms with Gasteiger partial charge in [-0.15, -0.1) is 0 Å². The van der Waals surface area contributed by atoms with E-state index in [1.54, 1.807) is 0 Å². The Morgan fingerprint density at radius 1 is 0.882 bits per heavy atom. The second-order valence-corrected chi connectivity index (χ2v) is 10.3. The lowest BCUT2D eigenvalue weighted by Crippen LogP contribution is -2.30. The molecule has 0 aliphatic heterocycles. The minimum atomic E-state index is -3.68. The molecule has 1 N–H and O–H groups in total. The molecule has 0 heterocycles. The molecule has 0 aromatic heterocycles. The number of carbonyl (C=O) groups is 2. The van der Waals surface area contributed by atoms with Gasteiger partial charge in [0.2, 0.25) is 15.9 Å². The molecule has 34 heavy (non-hydrogen) atoms. The van der Waals surface area contributed by atoms with Crippen LogP contribution in [0.2, 0.25) is 0 Å². The minimum absolute atomic E-state index is 0.121. The van der Waals surface area contributed by atoms with Crippen molar-refractivity contribution in [3.8, 4) is 11.1 Å². The number of nitrogens with one attached hydrogen (secondary N) is 1. The molecular formula is C27H30N2O4S. The summed E-state index contributed by atoms with van der Waals surface area (Å²) in [7, 11) is -2.19. The summed E-state index contributed by atoms with van der Waals surface area (Å²) in [5.41, 5.74) is 3.71. The average Bonchev–Trinajstić information content (AvgIpc) is 2.84. The fourth-order valence-corrected chi connectivity index (χ4v) is 4.83. The summed E-state index contributed by atoms with van der Waals surface area (Å²) in [5.74, 6) is -0.249. The Morgan fingerprint density at radius 3 is 2.06 bits per heavy atom. The summed E-state index contributed by atoms with van der Waals surface area (Å²) in [6.07, 6.45) is 0.613. The van der Waals surface area contributed by atoms with Gasteiger partial charge in [0.15, 0.2) is 5.78 Å². The highest BCUT2D eigenvalue weighted by Gasteiger charge is 2.21. The van der Waals surface area contributed by atoms with Gasteiger partial charge >= 0.3 is 0 Å². The van der Waals surface area contributed by atoms with Crippen molar-refractivity contribution >= 4 is 21.7 Å². The van der Waals surface area contributed by atoms with Crippen molar-refractivity contribution < 1.29 is 18.0 Å². The zero-order chi connectivity index (χ0) is 24.7. The highest BCUT2D eigenvalue weighted by Crippen LogP contribution is 2.22. The average molecular weight is 479 g/mol. The fourth-order valence-electron chi connectivity index (χ4n) is 3.62. The maximum absolute atomic E-state index is 12.7. The van der Waals surface area contributed by atoms with Crippen LogP contribution in [0.15, 0.2) is 83.8 Å². The van der Waals surface area contributed by atoms with E-state index in [1.165, 1.54) is 42.5 Å². The van der Waals surface area contributed by atoms with Crippen LogP contribution in [0, 0.1) is 0 Å². The number of rotatable bonds is 10. The number of sulfonamides is 1. The third-order valence-electron chi connectivity index (χ3n) is 5.74. The van der Waals surface area contributed by atoms with E-state index >= 15 is 0 Å². The van der Waals surface area contributed by atoms with Gasteiger partial charge in [0.1, 0.15) is 0 Å². The van der Waals surface area contributed by atoms with Crippen LogP contribution in [0.25, 0.3) is 11.1 Å². The van der Waals surface area contributed by atoms with Crippen LogP contribution < -0.4 is 5.32 Å². The first kappa shape index (κ1) is 25.3. The van der Waals surface area contributed by atoms with Crippen molar-refractivity contribution in [3.63, 3.8) is 0 Å². The van der Waals surface area contributed by atoms with Gasteiger partial charge in [0, 0.05) is 25.6 Å². The van der Waals surface area contributed by atoms with Crippen molar-refractivity contribution in [3.05, 3.63) is 90.0 Å². The SMILES string of the molecule is CC(=O)c1ccc(S(=O)(=O)N(C)CCCC(=O)NC(C)c2ccc(-c3ccccc3)cc2)cc1. The van der Waals surface area contributed by atoms with E-state index in [0.29, 0.717) is 12.0 Å². The number of Topliss-reactive ketones (excluding diaryl/α,β-unsaturated/α-hetero) is 1. The zero-order valence-corrected chi connectivity index (χ0v) is 20.5. The summed E-state index contributed by atoms with van der Waals surface area (Å²) in [6.45, 7) is 3.57. The van der Waals surface area contributed by atoms with Gasteiger partial charge in [-0.1, -0.05) is 66.7 Å². The smallest absolute Gasteiger partial charge is 0.242 e. The first-order valence-electron chi connectivity index (χ1n) is 11.2. The molecule has 6 nitrogen and oxygen atoms in total. The molecule has 1 amide bonds. The number of nitrogens with zero attached hydrogens (tertiary/aromatic N) is 1. The number of carbonyl (C=O) groups excluding carboxylic acids is 2. The normalized spacial score (nSPS) is 12.4. The quantitative estimate of drug-likeness (QED) is 0.423. The van der Waals surface area contributed by atoms with Gasteiger partial charge in [0.05, 0.1) is 10.9 Å². The van der Waals surface area contributed by atoms with Crippen molar-refractivity contribution in [1.82, 2.24) is 9.62 Å². The standard InChI is InChI=1S/C27H30N2O4S/c1-20(22-11-13-25(14-12-22)24-8-5-4-6-9-24)28-27(31)10-7-19-29(3)34(32,33)26-17-15-23(16-18-26)21(2)30/h4-6,8-9,11-18,20H,7,10,19H2,1-3H3,(H,28,31). The van der Waals surface area contributed by atoms with Crippen molar-refractivity contribution in [2.45, 2.75) is 37.6 Å².